The molecule has 0 unspecified atom stereocenters. The second-order valence-corrected chi connectivity index (χ2v) is 10.5. The minimum atomic E-state index is -0.195. The summed E-state index contributed by atoms with van der Waals surface area (Å²) in [5, 5.41) is 8.30. The third-order valence-corrected chi connectivity index (χ3v) is 7.24. The summed E-state index contributed by atoms with van der Waals surface area (Å²) in [7, 11) is 0. The quantitative estimate of drug-likeness (QED) is 0.659. The standard InChI is InChI=1S/C23H31N5O2S/c1-13-18-21(25-17-10-8-7-9-11-27(17)22(18)30)31-19(13)20(29)24-14(2)16-12-28(23(4,5)6)26-15(16)3/h12,14H,7-11H2,1-6H3,(H,24,29)/t14-/m0/s1. The lowest BCUT2D eigenvalue weighted by molar-refractivity contribution is 0.0943. The zero-order chi connectivity index (χ0) is 22.5. The maximum absolute atomic E-state index is 13.2. The minimum absolute atomic E-state index is 0.00922. The van der Waals surface area contributed by atoms with Crippen LogP contribution in [0.15, 0.2) is 11.0 Å². The van der Waals surface area contributed by atoms with Crippen LogP contribution in [0.3, 0.4) is 0 Å². The third-order valence-electron chi connectivity index (χ3n) is 6.06. The number of carbonyl (C=O) groups is 1. The number of nitrogens with one attached hydrogen (secondary N) is 1. The van der Waals surface area contributed by atoms with Crippen molar-refractivity contribution in [2.24, 2.45) is 0 Å². The van der Waals surface area contributed by atoms with Crippen LogP contribution in [0.4, 0.5) is 0 Å². The van der Waals surface area contributed by atoms with E-state index < -0.39 is 0 Å². The van der Waals surface area contributed by atoms with Crippen LogP contribution in [0, 0.1) is 13.8 Å². The molecular weight excluding hydrogens is 410 g/mol. The number of rotatable bonds is 3. The van der Waals surface area contributed by atoms with Crippen LogP contribution in [0.2, 0.25) is 0 Å². The van der Waals surface area contributed by atoms with Crippen LogP contribution in [0.5, 0.6) is 0 Å². The summed E-state index contributed by atoms with van der Waals surface area (Å²) in [5.74, 6) is 0.678. The maximum Gasteiger partial charge on any atom is 0.262 e. The summed E-state index contributed by atoms with van der Waals surface area (Å²) in [6.45, 7) is 12.8. The fourth-order valence-electron chi connectivity index (χ4n) is 4.21. The van der Waals surface area contributed by atoms with Gasteiger partial charge in [0.1, 0.15) is 10.7 Å². The van der Waals surface area contributed by atoms with Crippen molar-refractivity contribution in [3.8, 4) is 0 Å². The highest BCUT2D eigenvalue weighted by atomic mass is 32.1. The molecule has 8 heteroatoms. The number of carbonyl (C=O) groups excluding carboxylic acids is 1. The third kappa shape index (κ3) is 3.93. The molecule has 0 saturated heterocycles. The number of amides is 1. The molecule has 0 saturated carbocycles. The summed E-state index contributed by atoms with van der Waals surface area (Å²) < 4.78 is 3.74. The molecule has 1 aliphatic heterocycles. The van der Waals surface area contributed by atoms with E-state index in [1.807, 2.05) is 36.2 Å². The Kier molecular flexibility index (Phi) is 5.54. The molecule has 7 nitrogen and oxygen atoms in total. The number of aryl methyl sites for hydroxylation is 3. The Morgan fingerprint density at radius 1 is 1.23 bits per heavy atom. The molecule has 0 radical (unpaired) electrons. The lowest BCUT2D eigenvalue weighted by Crippen LogP contribution is -2.27. The van der Waals surface area contributed by atoms with Crippen molar-refractivity contribution >= 4 is 27.5 Å². The normalized spacial score (nSPS) is 15.5. The van der Waals surface area contributed by atoms with Gasteiger partial charge in [0.2, 0.25) is 0 Å². The predicted molar refractivity (Wildman–Crippen MR) is 124 cm³/mol. The molecule has 31 heavy (non-hydrogen) atoms. The highest BCUT2D eigenvalue weighted by molar-refractivity contribution is 7.20. The van der Waals surface area contributed by atoms with Gasteiger partial charge in [0.25, 0.3) is 11.5 Å². The van der Waals surface area contributed by atoms with Crippen molar-refractivity contribution < 1.29 is 4.79 Å². The average molecular weight is 442 g/mol. The van der Waals surface area contributed by atoms with Gasteiger partial charge in [0, 0.05) is 24.7 Å². The molecule has 0 fully saturated rings. The minimum Gasteiger partial charge on any atom is -0.345 e. The largest absolute Gasteiger partial charge is 0.345 e. The molecular formula is C23H31N5O2S. The first-order valence-corrected chi connectivity index (χ1v) is 11.8. The van der Waals surface area contributed by atoms with Crippen LogP contribution < -0.4 is 10.9 Å². The Balaban J connectivity index is 1.66. The molecule has 0 aromatic carbocycles. The summed E-state index contributed by atoms with van der Waals surface area (Å²) in [6, 6.07) is -0.195. The van der Waals surface area contributed by atoms with Gasteiger partial charge >= 0.3 is 0 Å². The van der Waals surface area contributed by atoms with Crippen molar-refractivity contribution in [3.05, 3.63) is 44.1 Å². The second-order valence-electron chi connectivity index (χ2n) is 9.51. The highest BCUT2D eigenvalue weighted by Gasteiger charge is 2.25. The van der Waals surface area contributed by atoms with Gasteiger partial charge in [-0.15, -0.1) is 11.3 Å². The first kappa shape index (κ1) is 21.7. The molecule has 1 N–H and O–H groups in total. The van der Waals surface area contributed by atoms with Gasteiger partial charge in [0.15, 0.2) is 0 Å². The van der Waals surface area contributed by atoms with Gasteiger partial charge in [-0.25, -0.2) is 4.98 Å². The van der Waals surface area contributed by atoms with Crippen molar-refractivity contribution in [2.45, 2.75) is 85.4 Å². The van der Waals surface area contributed by atoms with E-state index in [2.05, 4.69) is 31.2 Å². The second kappa shape index (κ2) is 7.89. The van der Waals surface area contributed by atoms with Crippen molar-refractivity contribution in [1.29, 1.82) is 0 Å². The lowest BCUT2D eigenvalue weighted by atomic mass is 10.1. The first-order valence-electron chi connectivity index (χ1n) is 11.0. The number of thiophene rings is 1. The number of hydrogen-bond acceptors (Lipinski definition) is 5. The molecule has 166 valence electrons. The van der Waals surface area contributed by atoms with Crippen LogP contribution in [0.1, 0.15) is 85.3 Å². The van der Waals surface area contributed by atoms with Gasteiger partial charge in [-0.1, -0.05) is 6.42 Å². The molecule has 3 aromatic heterocycles. The maximum atomic E-state index is 13.2. The summed E-state index contributed by atoms with van der Waals surface area (Å²) in [6.07, 6.45) is 5.98. The number of hydrogen-bond donors (Lipinski definition) is 1. The van der Waals surface area contributed by atoms with Crippen LogP contribution in [-0.4, -0.2) is 25.2 Å². The molecule has 4 heterocycles. The van der Waals surface area contributed by atoms with Gasteiger partial charge < -0.3 is 5.32 Å². The monoisotopic (exact) mass is 441 g/mol. The van der Waals surface area contributed by atoms with E-state index in [4.69, 9.17) is 4.98 Å². The van der Waals surface area contributed by atoms with E-state index >= 15 is 0 Å². The Bertz CT molecular complexity index is 1210. The van der Waals surface area contributed by atoms with Crippen LogP contribution in [0.25, 0.3) is 10.2 Å². The van der Waals surface area contributed by atoms with Crippen molar-refractivity contribution in [3.63, 3.8) is 0 Å². The van der Waals surface area contributed by atoms with Gasteiger partial charge in [-0.05, 0) is 59.9 Å². The molecule has 3 aromatic rings. The molecule has 1 atom stereocenters. The van der Waals surface area contributed by atoms with Crippen molar-refractivity contribution in [1.82, 2.24) is 24.6 Å². The fraction of sp³-hybridized carbons (Fsp3) is 0.565. The van der Waals surface area contributed by atoms with Crippen molar-refractivity contribution in [2.75, 3.05) is 0 Å². The predicted octanol–water partition coefficient (Wildman–Crippen LogP) is 4.24. The average Bonchev–Trinajstić information content (AvgIpc) is 3.13. The van der Waals surface area contributed by atoms with E-state index in [-0.39, 0.29) is 23.0 Å². The Labute approximate surface area is 186 Å². The zero-order valence-corrected chi connectivity index (χ0v) is 20.0. The Morgan fingerprint density at radius 2 is 1.97 bits per heavy atom. The Morgan fingerprint density at radius 3 is 2.65 bits per heavy atom. The number of fused-ring (bicyclic) bond motifs is 2. The zero-order valence-electron chi connectivity index (χ0n) is 19.2. The topological polar surface area (TPSA) is 81.8 Å². The molecule has 0 aliphatic carbocycles. The SMILES string of the molecule is Cc1nn(C(C)(C)C)cc1[C@H](C)NC(=O)c1sc2nc3n(c(=O)c2c1C)CCCCC3. The van der Waals surface area contributed by atoms with Gasteiger partial charge in [-0.3, -0.25) is 18.8 Å². The van der Waals surface area contributed by atoms with Crippen LogP contribution in [-0.2, 0) is 18.5 Å². The molecule has 4 rings (SSSR count). The summed E-state index contributed by atoms with van der Waals surface area (Å²) in [4.78, 5) is 32.3. The van der Waals surface area contributed by atoms with Gasteiger partial charge in [-0.2, -0.15) is 5.10 Å². The fourth-order valence-corrected chi connectivity index (χ4v) is 5.30. The summed E-state index contributed by atoms with van der Waals surface area (Å²) >= 11 is 1.32. The first-order chi connectivity index (χ1) is 14.6. The number of aromatic nitrogens is 4. The lowest BCUT2D eigenvalue weighted by Gasteiger charge is -2.19. The molecule has 1 aliphatic rings. The Hall–Kier alpha value is -2.48. The van der Waals surface area contributed by atoms with Gasteiger partial charge in [0.05, 0.1) is 27.5 Å². The highest BCUT2D eigenvalue weighted by Crippen LogP contribution is 2.29. The molecule has 0 spiro atoms. The van der Waals surface area contributed by atoms with E-state index in [0.29, 0.717) is 21.6 Å². The smallest absolute Gasteiger partial charge is 0.262 e. The van der Waals surface area contributed by atoms with E-state index in [9.17, 15) is 9.59 Å². The number of nitrogens with zero attached hydrogens (tertiary/aromatic N) is 4. The molecule has 0 bridgehead atoms. The van der Waals surface area contributed by atoms with E-state index in [1.54, 1.807) is 0 Å². The van der Waals surface area contributed by atoms with Crippen LogP contribution >= 0.6 is 11.3 Å². The molecule has 1 amide bonds. The van der Waals surface area contributed by atoms with E-state index in [1.165, 1.54) is 11.3 Å². The van der Waals surface area contributed by atoms with E-state index in [0.717, 1.165) is 48.3 Å². The summed E-state index contributed by atoms with van der Waals surface area (Å²) in [5.41, 5.74) is 2.49.